The normalized spacial score (nSPS) is 14.7. The number of carbonyl (C=O) groups excluding carboxylic acids is 2. The molecule has 1 atom stereocenters. The van der Waals surface area contributed by atoms with Gasteiger partial charge in [-0.25, -0.2) is 14.2 Å². The number of aromatic nitrogens is 6. The summed E-state index contributed by atoms with van der Waals surface area (Å²) in [6, 6.07) is 7.32. The molecule has 0 radical (unpaired) electrons. The number of H-pyrrole nitrogens is 1. The average Bonchev–Trinajstić information content (AvgIpc) is 3.67. The van der Waals surface area contributed by atoms with Gasteiger partial charge < -0.3 is 30.5 Å². The van der Waals surface area contributed by atoms with Gasteiger partial charge in [-0.1, -0.05) is 11.6 Å². The zero-order valence-electron chi connectivity index (χ0n) is 23.0. The van der Waals surface area contributed by atoms with Crippen LogP contribution in [0.4, 0.5) is 10.1 Å². The minimum atomic E-state index is -1.17. The highest BCUT2D eigenvalue weighted by Crippen LogP contribution is 2.25. The lowest BCUT2D eigenvalue weighted by atomic mass is 10.1. The molecule has 0 spiro atoms. The predicted molar refractivity (Wildman–Crippen MR) is 155 cm³/mol. The van der Waals surface area contributed by atoms with Gasteiger partial charge in [0.05, 0.1) is 27.8 Å². The van der Waals surface area contributed by atoms with Gasteiger partial charge in [0.15, 0.2) is 5.82 Å². The Kier molecular flexibility index (Phi) is 8.92. The van der Waals surface area contributed by atoms with Crippen LogP contribution < -0.4 is 10.6 Å². The van der Waals surface area contributed by atoms with Crippen molar-refractivity contribution in [3.05, 3.63) is 65.0 Å². The maximum Gasteiger partial charge on any atom is 0.371 e. The number of aromatic carboxylic acids is 1. The van der Waals surface area contributed by atoms with E-state index in [1.165, 1.54) is 29.2 Å². The van der Waals surface area contributed by atoms with Crippen molar-refractivity contribution in [1.29, 1.82) is 0 Å². The van der Waals surface area contributed by atoms with Crippen molar-refractivity contribution >= 4 is 52.2 Å². The Hall–Kier alpha value is -4.89. The Labute approximate surface area is 249 Å². The van der Waals surface area contributed by atoms with E-state index in [1.807, 2.05) is 7.05 Å². The number of tetrazole rings is 1. The summed E-state index contributed by atoms with van der Waals surface area (Å²) >= 11 is 5.98. The van der Waals surface area contributed by atoms with Crippen molar-refractivity contribution in [2.24, 2.45) is 0 Å². The van der Waals surface area contributed by atoms with E-state index >= 15 is 0 Å². The van der Waals surface area contributed by atoms with Crippen LogP contribution in [0, 0.1) is 5.82 Å². The number of piperazine rings is 1. The summed E-state index contributed by atoms with van der Waals surface area (Å²) in [6.07, 6.45) is 3.73. The number of hydrogen-bond donors (Lipinski definition) is 4. The number of benzene rings is 2. The first kappa shape index (κ1) is 29.6. The van der Waals surface area contributed by atoms with Crippen LogP contribution in [-0.4, -0.2) is 109 Å². The Morgan fingerprint density at radius 1 is 1.19 bits per heavy atom. The Balaban J connectivity index is 1.32. The Morgan fingerprint density at radius 3 is 2.70 bits per heavy atom. The quantitative estimate of drug-likeness (QED) is 0.194. The molecule has 0 bridgehead atoms. The molecule has 5 rings (SSSR count). The number of carboxylic acid groups (broad SMARTS) is 1. The third kappa shape index (κ3) is 7.13. The van der Waals surface area contributed by atoms with Crippen LogP contribution >= 0.6 is 11.6 Å². The van der Waals surface area contributed by atoms with Gasteiger partial charge in [-0.3, -0.25) is 9.59 Å². The molecule has 224 valence electrons. The number of amides is 2. The van der Waals surface area contributed by atoms with Crippen LogP contribution in [0.5, 0.6) is 0 Å². The standard InChI is InChI=1S/C27H28ClFN10O4/c1-37-8-10-38(11-9-37)24(41)13-17(14-30-16-2-5-20-21(12-16)34-26(33-20)27(42)43)32-23(40)7-3-18-22(39-15-31-35-36-39)6-4-19(28)25(18)29/h2-7,12,15,17,30H,8-11,13-14H2,1H3,(H,32,40)(H,33,34)(H,42,43)/b7-3+. The molecule has 43 heavy (non-hydrogen) atoms. The van der Waals surface area contributed by atoms with E-state index in [1.54, 1.807) is 23.1 Å². The number of likely N-dealkylation sites (N-methyl/N-ethyl adjacent to an activating group) is 1. The topological polar surface area (TPSA) is 174 Å². The van der Waals surface area contributed by atoms with E-state index < -0.39 is 23.7 Å². The summed E-state index contributed by atoms with van der Waals surface area (Å²) in [7, 11) is 1.99. The van der Waals surface area contributed by atoms with Crippen LogP contribution in [0.2, 0.25) is 5.02 Å². The number of nitrogens with zero attached hydrogens (tertiary/aromatic N) is 7. The molecule has 2 amide bonds. The van der Waals surface area contributed by atoms with E-state index in [4.69, 9.17) is 11.6 Å². The van der Waals surface area contributed by atoms with Crippen LogP contribution in [0.15, 0.2) is 42.7 Å². The van der Waals surface area contributed by atoms with E-state index in [0.29, 0.717) is 29.8 Å². The van der Waals surface area contributed by atoms with Crippen molar-refractivity contribution < 1.29 is 23.9 Å². The molecule has 2 aromatic heterocycles. The molecule has 3 heterocycles. The number of halogens is 2. The van der Waals surface area contributed by atoms with Crippen molar-refractivity contribution in [3.63, 3.8) is 0 Å². The van der Waals surface area contributed by atoms with E-state index in [9.17, 15) is 23.9 Å². The molecule has 1 aliphatic rings. The van der Waals surface area contributed by atoms with E-state index in [2.05, 4.69) is 41.0 Å². The maximum atomic E-state index is 14.9. The molecular formula is C27H28ClFN10O4. The van der Waals surface area contributed by atoms with Gasteiger partial charge in [0.1, 0.15) is 6.33 Å². The van der Waals surface area contributed by atoms with Crippen molar-refractivity contribution in [3.8, 4) is 5.69 Å². The lowest BCUT2D eigenvalue weighted by molar-refractivity contribution is -0.133. The summed E-state index contributed by atoms with van der Waals surface area (Å²) in [4.78, 5) is 48.1. The van der Waals surface area contributed by atoms with E-state index in [0.717, 1.165) is 19.2 Å². The molecule has 1 fully saturated rings. The lowest BCUT2D eigenvalue weighted by Crippen LogP contribution is -2.49. The molecule has 4 N–H and O–H groups in total. The smallest absolute Gasteiger partial charge is 0.371 e. The van der Waals surface area contributed by atoms with Gasteiger partial charge in [-0.15, -0.1) is 5.10 Å². The molecule has 14 nitrogen and oxygen atoms in total. The number of anilines is 1. The van der Waals surface area contributed by atoms with Crippen LogP contribution in [-0.2, 0) is 9.59 Å². The van der Waals surface area contributed by atoms with Gasteiger partial charge in [0, 0.05) is 56.5 Å². The number of carboxylic acids is 1. The first-order valence-electron chi connectivity index (χ1n) is 13.3. The molecule has 1 unspecified atom stereocenters. The van der Waals surface area contributed by atoms with Gasteiger partial charge in [0.2, 0.25) is 17.6 Å². The van der Waals surface area contributed by atoms with Crippen LogP contribution in [0.3, 0.4) is 0 Å². The first-order valence-corrected chi connectivity index (χ1v) is 13.7. The van der Waals surface area contributed by atoms with Gasteiger partial charge in [0.25, 0.3) is 0 Å². The van der Waals surface area contributed by atoms with E-state index in [-0.39, 0.29) is 41.0 Å². The summed E-state index contributed by atoms with van der Waals surface area (Å²) in [6.45, 7) is 2.84. The van der Waals surface area contributed by atoms with Crippen molar-refractivity contribution in [2.75, 3.05) is 45.1 Å². The molecule has 4 aromatic rings. The van der Waals surface area contributed by atoms with Gasteiger partial charge in [-0.2, -0.15) is 4.68 Å². The molecular weight excluding hydrogens is 583 g/mol. The molecule has 16 heteroatoms. The third-order valence-electron chi connectivity index (χ3n) is 6.97. The number of rotatable bonds is 10. The number of aromatic amines is 1. The summed E-state index contributed by atoms with van der Waals surface area (Å²) in [5.41, 5.74) is 1.91. The van der Waals surface area contributed by atoms with Gasteiger partial charge >= 0.3 is 5.97 Å². The molecule has 2 aromatic carbocycles. The van der Waals surface area contributed by atoms with Crippen LogP contribution in [0.1, 0.15) is 22.6 Å². The highest BCUT2D eigenvalue weighted by Gasteiger charge is 2.23. The third-order valence-corrected chi connectivity index (χ3v) is 7.26. The minimum absolute atomic E-state index is 0.00623. The Bertz CT molecular complexity index is 1670. The SMILES string of the molecule is CN1CCN(C(=O)CC(CNc2ccc3nc(C(=O)O)[nH]c3c2)NC(=O)/C=C/c2c(-n3cnnn3)ccc(Cl)c2F)CC1. The van der Waals surface area contributed by atoms with Gasteiger partial charge in [-0.05, 0) is 53.9 Å². The van der Waals surface area contributed by atoms with Crippen molar-refractivity contribution in [2.45, 2.75) is 12.5 Å². The zero-order chi connectivity index (χ0) is 30.5. The number of nitrogens with one attached hydrogen (secondary N) is 3. The fraction of sp³-hybridized carbons (Fsp3) is 0.296. The largest absolute Gasteiger partial charge is 0.475 e. The monoisotopic (exact) mass is 610 g/mol. The second-order valence-electron chi connectivity index (χ2n) is 9.98. The number of hydrogen-bond acceptors (Lipinski definition) is 9. The number of carbonyl (C=O) groups is 3. The second kappa shape index (κ2) is 13.0. The average molecular weight is 611 g/mol. The Morgan fingerprint density at radius 2 is 1.98 bits per heavy atom. The first-order chi connectivity index (χ1) is 20.7. The second-order valence-corrected chi connectivity index (χ2v) is 10.4. The van der Waals surface area contributed by atoms with Crippen LogP contribution in [0.25, 0.3) is 22.8 Å². The highest BCUT2D eigenvalue weighted by atomic mass is 35.5. The summed E-state index contributed by atoms with van der Waals surface area (Å²) in [5.74, 6) is -2.77. The van der Waals surface area contributed by atoms with Crippen molar-refractivity contribution in [1.82, 2.24) is 45.3 Å². The zero-order valence-corrected chi connectivity index (χ0v) is 23.8. The summed E-state index contributed by atoms with van der Waals surface area (Å²) in [5, 5.41) is 26.0. The maximum absolute atomic E-state index is 14.9. The molecule has 0 saturated carbocycles. The number of fused-ring (bicyclic) bond motifs is 1. The fourth-order valence-corrected chi connectivity index (χ4v) is 4.79. The molecule has 1 aliphatic heterocycles. The highest BCUT2D eigenvalue weighted by molar-refractivity contribution is 6.31. The molecule has 0 aliphatic carbocycles. The number of imidazole rings is 1. The minimum Gasteiger partial charge on any atom is -0.475 e. The fourth-order valence-electron chi connectivity index (χ4n) is 4.63. The lowest BCUT2D eigenvalue weighted by Gasteiger charge is -2.33. The summed E-state index contributed by atoms with van der Waals surface area (Å²) < 4.78 is 16.2. The predicted octanol–water partition coefficient (Wildman–Crippen LogP) is 1.80. The molecule has 1 saturated heterocycles.